The predicted octanol–water partition coefficient (Wildman–Crippen LogP) is 5.29. The molecule has 154 valence electrons. The zero-order valence-corrected chi connectivity index (χ0v) is 18.6. The Balaban J connectivity index is 2.03. The van der Waals surface area contributed by atoms with Gasteiger partial charge in [0, 0.05) is 5.69 Å². The Morgan fingerprint density at radius 2 is 1.90 bits per heavy atom. The maximum absolute atomic E-state index is 13.3. The molecule has 30 heavy (non-hydrogen) atoms. The number of nitriles is 1. The predicted molar refractivity (Wildman–Crippen MR) is 119 cm³/mol. The van der Waals surface area contributed by atoms with Gasteiger partial charge in [-0.1, -0.05) is 58.7 Å². The molecule has 1 aliphatic heterocycles. The molecule has 1 unspecified atom stereocenters. The SMILES string of the molecule is CCOC(=O)C(C#N)=C1SC(Cc2ccc(Cl)c(Cl)c2)C(=O)N1c1ccc(C)cc1. The lowest BCUT2D eigenvalue weighted by molar-refractivity contribution is -0.138. The third-order valence-corrected chi connectivity index (χ3v) is 6.46. The van der Waals surface area contributed by atoms with Crippen LogP contribution >= 0.6 is 35.0 Å². The number of carbonyl (C=O) groups excluding carboxylic acids is 2. The zero-order chi connectivity index (χ0) is 21.8. The summed E-state index contributed by atoms with van der Waals surface area (Å²) in [4.78, 5) is 27.1. The van der Waals surface area contributed by atoms with Crippen LogP contribution in [0, 0.1) is 18.3 Å². The van der Waals surface area contributed by atoms with Crippen molar-refractivity contribution in [2.24, 2.45) is 0 Å². The van der Waals surface area contributed by atoms with E-state index >= 15 is 0 Å². The van der Waals surface area contributed by atoms with Crippen molar-refractivity contribution in [3.8, 4) is 6.07 Å². The number of ether oxygens (including phenoxy) is 1. The van der Waals surface area contributed by atoms with Gasteiger partial charge in [0.05, 0.1) is 21.9 Å². The molecule has 1 heterocycles. The van der Waals surface area contributed by atoms with E-state index in [1.54, 1.807) is 37.3 Å². The minimum Gasteiger partial charge on any atom is -0.462 e. The van der Waals surface area contributed by atoms with Crippen LogP contribution in [0.3, 0.4) is 0 Å². The van der Waals surface area contributed by atoms with Crippen molar-refractivity contribution in [2.45, 2.75) is 25.5 Å². The highest BCUT2D eigenvalue weighted by atomic mass is 35.5. The lowest BCUT2D eigenvalue weighted by atomic mass is 10.1. The largest absolute Gasteiger partial charge is 0.462 e. The number of hydrogen-bond acceptors (Lipinski definition) is 5. The topological polar surface area (TPSA) is 70.4 Å². The fourth-order valence-corrected chi connectivity index (χ4v) is 4.60. The first-order valence-electron chi connectivity index (χ1n) is 9.18. The van der Waals surface area contributed by atoms with Crippen LogP contribution in [0.1, 0.15) is 18.1 Å². The van der Waals surface area contributed by atoms with E-state index < -0.39 is 11.2 Å². The number of halogens is 2. The molecule has 0 spiro atoms. The molecule has 3 rings (SSSR count). The maximum atomic E-state index is 13.3. The normalized spacial score (nSPS) is 17.6. The van der Waals surface area contributed by atoms with Crippen LogP contribution in [0.15, 0.2) is 53.1 Å². The van der Waals surface area contributed by atoms with Crippen LogP contribution in [0.5, 0.6) is 0 Å². The Hall–Kier alpha value is -2.46. The fourth-order valence-electron chi connectivity index (χ4n) is 2.98. The van der Waals surface area contributed by atoms with Crippen LogP contribution < -0.4 is 4.90 Å². The average Bonchev–Trinajstić information content (AvgIpc) is 3.02. The molecule has 5 nitrogen and oxygen atoms in total. The Morgan fingerprint density at radius 3 is 2.50 bits per heavy atom. The second kappa shape index (κ2) is 9.57. The van der Waals surface area contributed by atoms with Crippen molar-refractivity contribution in [3.63, 3.8) is 0 Å². The lowest BCUT2D eigenvalue weighted by Crippen LogP contribution is -2.30. The minimum atomic E-state index is -0.748. The number of nitrogens with zero attached hydrogens (tertiary/aromatic N) is 2. The first-order chi connectivity index (χ1) is 14.3. The molecule has 0 radical (unpaired) electrons. The summed E-state index contributed by atoms with van der Waals surface area (Å²) in [6.45, 7) is 3.73. The molecule has 1 atom stereocenters. The van der Waals surface area contributed by atoms with E-state index in [4.69, 9.17) is 27.9 Å². The summed E-state index contributed by atoms with van der Waals surface area (Å²) < 4.78 is 5.03. The van der Waals surface area contributed by atoms with E-state index in [9.17, 15) is 14.9 Å². The number of aryl methyl sites for hydroxylation is 1. The molecule has 0 bridgehead atoms. The molecule has 8 heteroatoms. The van der Waals surface area contributed by atoms with Crippen molar-refractivity contribution in [1.82, 2.24) is 0 Å². The minimum absolute atomic E-state index is 0.132. The van der Waals surface area contributed by atoms with Crippen molar-refractivity contribution in [3.05, 3.63) is 74.2 Å². The fraction of sp³-hybridized carbons (Fsp3) is 0.227. The quantitative estimate of drug-likeness (QED) is 0.344. The highest BCUT2D eigenvalue weighted by Gasteiger charge is 2.41. The van der Waals surface area contributed by atoms with E-state index in [0.29, 0.717) is 22.2 Å². The molecule has 2 aromatic carbocycles. The monoisotopic (exact) mass is 460 g/mol. The summed E-state index contributed by atoms with van der Waals surface area (Å²) in [6.07, 6.45) is 0.369. The number of rotatable bonds is 5. The number of thioether (sulfide) groups is 1. The Labute approximate surface area is 189 Å². The summed E-state index contributed by atoms with van der Waals surface area (Å²) in [5.74, 6) is -0.968. The second-order valence-corrected chi connectivity index (χ2v) is 8.59. The van der Waals surface area contributed by atoms with Crippen LogP contribution in [-0.4, -0.2) is 23.7 Å². The van der Waals surface area contributed by atoms with Crippen molar-refractivity contribution < 1.29 is 14.3 Å². The second-order valence-electron chi connectivity index (χ2n) is 6.58. The van der Waals surface area contributed by atoms with Gasteiger partial charge in [0.25, 0.3) is 0 Å². The summed E-state index contributed by atoms with van der Waals surface area (Å²) in [5.41, 5.74) is 2.26. The number of benzene rings is 2. The number of amides is 1. The lowest BCUT2D eigenvalue weighted by Gasteiger charge is -2.18. The molecule has 1 amide bonds. The van der Waals surface area contributed by atoms with Gasteiger partial charge in [-0.3, -0.25) is 9.69 Å². The van der Waals surface area contributed by atoms with E-state index in [2.05, 4.69) is 0 Å². The standard InChI is InChI=1S/C22H18Cl2N2O3S/c1-3-29-22(28)16(12-25)21-26(15-7-4-13(2)5-8-15)20(27)19(30-21)11-14-6-9-17(23)18(24)10-14/h4-10,19H,3,11H2,1-2H3. The molecule has 1 fully saturated rings. The smallest absolute Gasteiger partial charge is 0.351 e. The van der Waals surface area contributed by atoms with Gasteiger partial charge in [0.1, 0.15) is 11.1 Å². The highest BCUT2D eigenvalue weighted by molar-refractivity contribution is 8.05. The Morgan fingerprint density at radius 1 is 1.20 bits per heavy atom. The highest BCUT2D eigenvalue weighted by Crippen LogP contribution is 2.42. The van der Waals surface area contributed by atoms with Crippen LogP contribution in [0.25, 0.3) is 0 Å². The van der Waals surface area contributed by atoms with Gasteiger partial charge in [-0.2, -0.15) is 5.26 Å². The maximum Gasteiger partial charge on any atom is 0.351 e. The third kappa shape index (κ3) is 4.65. The average molecular weight is 461 g/mol. The zero-order valence-electron chi connectivity index (χ0n) is 16.3. The van der Waals surface area contributed by atoms with E-state index in [1.165, 1.54) is 16.7 Å². The summed E-state index contributed by atoms with van der Waals surface area (Å²) in [5, 5.41) is 10.2. The van der Waals surface area contributed by atoms with E-state index in [-0.39, 0.29) is 23.1 Å². The third-order valence-electron chi connectivity index (χ3n) is 4.46. The first-order valence-corrected chi connectivity index (χ1v) is 10.8. The number of carbonyl (C=O) groups is 2. The molecular weight excluding hydrogens is 443 g/mol. The Kier molecular flexibility index (Phi) is 7.09. The van der Waals surface area contributed by atoms with Crippen molar-refractivity contribution >= 4 is 52.5 Å². The van der Waals surface area contributed by atoms with Crippen LogP contribution in [-0.2, 0) is 20.7 Å². The van der Waals surface area contributed by atoms with Gasteiger partial charge in [0.15, 0.2) is 5.57 Å². The van der Waals surface area contributed by atoms with Crippen LogP contribution in [0.4, 0.5) is 5.69 Å². The number of hydrogen-bond donors (Lipinski definition) is 0. The summed E-state index contributed by atoms with van der Waals surface area (Å²) in [7, 11) is 0. The van der Waals surface area contributed by atoms with Crippen molar-refractivity contribution in [2.75, 3.05) is 11.5 Å². The molecule has 0 N–H and O–H groups in total. The van der Waals surface area contributed by atoms with Crippen molar-refractivity contribution in [1.29, 1.82) is 5.26 Å². The van der Waals surface area contributed by atoms with E-state index in [0.717, 1.165) is 11.1 Å². The molecular formula is C22H18Cl2N2O3S. The van der Waals surface area contributed by atoms with Crippen LogP contribution in [0.2, 0.25) is 10.0 Å². The molecule has 1 aliphatic rings. The number of esters is 1. The Bertz CT molecular complexity index is 1060. The molecule has 0 aromatic heterocycles. The molecule has 0 saturated carbocycles. The summed E-state index contributed by atoms with van der Waals surface area (Å²) in [6, 6.07) is 14.4. The van der Waals surface area contributed by atoms with Gasteiger partial charge in [-0.25, -0.2) is 4.79 Å². The summed E-state index contributed by atoms with van der Waals surface area (Å²) >= 11 is 13.3. The molecule has 1 saturated heterocycles. The van der Waals surface area contributed by atoms with Gasteiger partial charge in [0.2, 0.25) is 5.91 Å². The van der Waals surface area contributed by atoms with Gasteiger partial charge in [-0.15, -0.1) is 0 Å². The number of anilines is 1. The van der Waals surface area contributed by atoms with E-state index in [1.807, 2.05) is 25.1 Å². The van der Waals surface area contributed by atoms with Gasteiger partial charge >= 0.3 is 5.97 Å². The molecule has 2 aromatic rings. The van der Waals surface area contributed by atoms with Gasteiger partial charge in [-0.05, 0) is 50.1 Å². The molecule has 0 aliphatic carbocycles. The first kappa shape index (κ1) is 22.2. The van der Waals surface area contributed by atoms with Gasteiger partial charge < -0.3 is 4.74 Å².